The van der Waals surface area contributed by atoms with Gasteiger partial charge in [0.25, 0.3) is 0 Å². The molecule has 4 rings (SSSR count). The molecule has 2 unspecified atom stereocenters. The summed E-state index contributed by atoms with van der Waals surface area (Å²) < 4.78 is 8.18. The first-order valence-corrected chi connectivity index (χ1v) is 9.59. The lowest BCUT2D eigenvalue weighted by Gasteiger charge is -2.26. The van der Waals surface area contributed by atoms with Gasteiger partial charge in [0.2, 0.25) is 0 Å². The number of hydrogen-bond acceptors (Lipinski definition) is 2. The van der Waals surface area contributed by atoms with Crippen LogP contribution >= 0.6 is 0 Å². The van der Waals surface area contributed by atoms with E-state index in [1.165, 1.54) is 5.69 Å². The van der Waals surface area contributed by atoms with E-state index in [-0.39, 0.29) is 0 Å². The van der Waals surface area contributed by atoms with E-state index in [0.717, 1.165) is 35.0 Å². The first-order valence-electron chi connectivity index (χ1n) is 9.59. The summed E-state index contributed by atoms with van der Waals surface area (Å²) in [6.07, 6.45) is 1.63. The standard InChI is InChI=1S/C23H25NO3/c1-16-13-19(23(25)26)22-18-9-5-6-10-20(18)24(21(22)14-16)11-12-27-15-17-7-3-2-4-8-17/h2-10,16,19H,11-15H2,1H3,(H,25,26). The van der Waals surface area contributed by atoms with Crippen LogP contribution < -0.4 is 0 Å². The zero-order valence-corrected chi connectivity index (χ0v) is 15.6. The molecule has 0 amide bonds. The third-order valence-corrected chi connectivity index (χ3v) is 5.52. The first kappa shape index (κ1) is 17.8. The van der Waals surface area contributed by atoms with Gasteiger partial charge in [0, 0.05) is 23.1 Å². The number of fused-ring (bicyclic) bond motifs is 3. The summed E-state index contributed by atoms with van der Waals surface area (Å²) in [5.74, 6) is -0.766. The molecule has 140 valence electrons. The molecule has 0 saturated heterocycles. The van der Waals surface area contributed by atoms with Crippen molar-refractivity contribution in [2.45, 2.75) is 38.8 Å². The van der Waals surface area contributed by atoms with Crippen molar-refractivity contribution in [2.75, 3.05) is 6.61 Å². The van der Waals surface area contributed by atoms with E-state index < -0.39 is 11.9 Å². The molecule has 0 radical (unpaired) electrons. The molecule has 4 heteroatoms. The molecule has 4 nitrogen and oxygen atoms in total. The van der Waals surface area contributed by atoms with Gasteiger partial charge in [-0.2, -0.15) is 0 Å². The smallest absolute Gasteiger partial charge is 0.311 e. The highest BCUT2D eigenvalue weighted by atomic mass is 16.5. The van der Waals surface area contributed by atoms with Gasteiger partial charge in [-0.3, -0.25) is 4.79 Å². The Hall–Kier alpha value is -2.59. The fourth-order valence-electron chi connectivity index (χ4n) is 4.33. The molecular weight excluding hydrogens is 338 g/mol. The van der Waals surface area contributed by atoms with E-state index in [0.29, 0.717) is 25.6 Å². The maximum Gasteiger partial charge on any atom is 0.311 e. The number of aliphatic carboxylic acids is 1. The largest absolute Gasteiger partial charge is 0.481 e. The lowest BCUT2D eigenvalue weighted by Crippen LogP contribution is -2.24. The Balaban J connectivity index is 1.61. The number of carbonyl (C=O) groups is 1. The van der Waals surface area contributed by atoms with Gasteiger partial charge in [0.05, 0.1) is 19.1 Å². The highest BCUT2D eigenvalue weighted by Gasteiger charge is 2.34. The van der Waals surface area contributed by atoms with Gasteiger partial charge in [0.15, 0.2) is 0 Å². The van der Waals surface area contributed by atoms with Crippen LogP contribution in [-0.4, -0.2) is 22.2 Å². The predicted octanol–water partition coefficient (Wildman–Crippen LogP) is 4.61. The molecule has 1 aromatic heterocycles. The van der Waals surface area contributed by atoms with Crippen LogP contribution in [0.2, 0.25) is 0 Å². The summed E-state index contributed by atoms with van der Waals surface area (Å²) in [5.41, 5.74) is 4.47. The van der Waals surface area contributed by atoms with Crippen molar-refractivity contribution in [2.24, 2.45) is 5.92 Å². The van der Waals surface area contributed by atoms with Crippen LogP contribution in [0.25, 0.3) is 10.9 Å². The van der Waals surface area contributed by atoms with Crippen LogP contribution in [0.15, 0.2) is 54.6 Å². The van der Waals surface area contributed by atoms with Crippen molar-refractivity contribution in [3.05, 3.63) is 71.4 Å². The molecule has 1 aliphatic rings. The highest BCUT2D eigenvalue weighted by molar-refractivity contribution is 5.91. The number of carboxylic acids is 1. The Kier molecular flexibility index (Phi) is 4.99. The van der Waals surface area contributed by atoms with Crippen LogP contribution in [0, 0.1) is 5.92 Å². The van der Waals surface area contributed by atoms with Crippen molar-refractivity contribution in [1.82, 2.24) is 4.57 Å². The minimum Gasteiger partial charge on any atom is -0.481 e. The zero-order valence-electron chi connectivity index (χ0n) is 15.6. The Labute approximate surface area is 159 Å². The minimum absolute atomic E-state index is 0.367. The SMILES string of the molecule is CC1Cc2c(c3ccccc3n2CCOCc2ccccc2)C(C(=O)O)C1. The van der Waals surface area contributed by atoms with E-state index in [2.05, 4.69) is 35.8 Å². The Morgan fingerprint density at radius 1 is 1.15 bits per heavy atom. The number of para-hydroxylation sites is 1. The van der Waals surface area contributed by atoms with Gasteiger partial charge < -0.3 is 14.4 Å². The number of benzene rings is 2. The lowest BCUT2D eigenvalue weighted by atomic mass is 9.79. The number of aromatic nitrogens is 1. The van der Waals surface area contributed by atoms with Gasteiger partial charge in [-0.15, -0.1) is 0 Å². The average Bonchev–Trinajstić information content (AvgIpc) is 2.99. The van der Waals surface area contributed by atoms with Crippen molar-refractivity contribution in [3.8, 4) is 0 Å². The second kappa shape index (κ2) is 7.57. The molecule has 0 spiro atoms. The molecule has 2 atom stereocenters. The molecule has 2 aromatic carbocycles. The number of rotatable bonds is 6. The second-order valence-electron chi connectivity index (χ2n) is 7.50. The Bertz CT molecular complexity index is 945. The third kappa shape index (κ3) is 3.50. The Morgan fingerprint density at radius 2 is 1.89 bits per heavy atom. The lowest BCUT2D eigenvalue weighted by molar-refractivity contribution is -0.139. The molecule has 1 N–H and O–H groups in total. The number of ether oxygens (including phenoxy) is 1. The van der Waals surface area contributed by atoms with Crippen LogP contribution in [0.4, 0.5) is 0 Å². The molecule has 0 saturated carbocycles. The molecule has 1 heterocycles. The second-order valence-corrected chi connectivity index (χ2v) is 7.50. The van der Waals surface area contributed by atoms with Gasteiger partial charge in [0.1, 0.15) is 0 Å². The normalized spacial score (nSPS) is 19.1. The molecule has 27 heavy (non-hydrogen) atoms. The molecule has 3 aromatic rings. The van der Waals surface area contributed by atoms with E-state index >= 15 is 0 Å². The summed E-state index contributed by atoms with van der Waals surface area (Å²) in [6, 6.07) is 18.3. The summed E-state index contributed by atoms with van der Waals surface area (Å²) in [7, 11) is 0. The van der Waals surface area contributed by atoms with E-state index in [4.69, 9.17) is 4.74 Å². The summed E-state index contributed by atoms with van der Waals surface area (Å²) in [5, 5.41) is 10.9. The van der Waals surface area contributed by atoms with E-state index in [1.54, 1.807) is 0 Å². The quantitative estimate of drug-likeness (QED) is 0.651. The van der Waals surface area contributed by atoms with Crippen molar-refractivity contribution < 1.29 is 14.6 Å². The average molecular weight is 363 g/mol. The van der Waals surface area contributed by atoms with Crippen LogP contribution in [-0.2, 0) is 29.1 Å². The Morgan fingerprint density at radius 3 is 2.67 bits per heavy atom. The summed E-state index contributed by atoms with van der Waals surface area (Å²) in [4.78, 5) is 11.9. The zero-order chi connectivity index (χ0) is 18.8. The van der Waals surface area contributed by atoms with Gasteiger partial charge >= 0.3 is 5.97 Å². The maximum atomic E-state index is 11.9. The minimum atomic E-state index is -0.717. The number of carboxylic acid groups (broad SMARTS) is 1. The van der Waals surface area contributed by atoms with Gasteiger partial charge in [-0.25, -0.2) is 0 Å². The van der Waals surface area contributed by atoms with Gasteiger partial charge in [-0.05, 0) is 36.0 Å². The van der Waals surface area contributed by atoms with Crippen molar-refractivity contribution >= 4 is 16.9 Å². The topological polar surface area (TPSA) is 51.5 Å². The van der Waals surface area contributed by atoms with Crippen molar-refractivity contribution in [1.29, 1.82) is 0 Å². The highest BCUT2D eigenvalue weighted by Crippen LogP contribution is 2.41. The van der Waals surface area contributed by atoms with Crippen molar-refractivity contribution in [3.63, 3.8) is 0 Å². The molecule has 1 aliphatic carbocycles. The van der Waals surface area contributed by atoms with E-state index in [1.807, 2.05) is 30.3 Å². The fourth-order valence-corrected chi connectivity index (χ4v) is 4.33. The molecular formula is C23H25NO3. The predicted molar refractivity (Wildman–Crippen MR) is 106 cm³/mol. The third-order valence-electron chi connectivity index (χ3n) is 5.52. The van der Waals surface area contributed by atoms with Crippen LogP contribution in [0.5, 0.6) is 0 Å². The summed E-state index contributed by atoms with van der Waals surface area (Å²) >= 11 is 0. The molecule has 0 fully saturated rings. The maximum absolute atomic E-state index is 11.9. The number of hydrogen-bond donors (Lipinski definition) is 1. The monoisotopic (exact) mass is 363 g/mol. The fraction of sp³-hybridized carbons (Fsp3) is 0.348. The number of nitrogens with zero attached hydrogens (tertiary/aromatic N) is 1. The van der Waals surface area contributed by atoms with E-state index in [9.17, 15) is 9.90 Å². The molecule has 0 aliphatic heterocycles. The van der Waals surface area contributed by atoms with Crippen LogP contribution in [0.1, 0.15) is 36.1 Å². The first-order chi connectivity index (χ1) is 13.1. The molecule has 0 bridgehead atoms. The van der Waals surface area contributed by atoms with Crippen LogP contribution in [0.3, 0.4) is 0 Å². The summed E-state index contributed by atoms with van der Waals surface area (Å²) in [6.45, 7) is 4.08. The van der Waals surface area contributed by atoms with Gasteiger partial charge in [-0.1, -0.05) is 55.5 Å².